The summed E-state index contributed by atoms with van der Waals surface area (Å²) in [6, 6.07) is 7.62. The average Bonchev–Trinajstić information content (AvgIpc) is 2.58. The minimum absolute atomic E-state index is 0.210. The Morgan fingerprint density at radius 2 is 1.94 bits per heavy atom. The molecule has 0 amide bonds. The zero-order valence-corrected chi connectivity index (χ0v) is 13.5. The molecule has 2 rings (SSSR count). The van der Waals surface area contributed by atoms with Crippen LogP contribution in [0.3, 0.4) is 0 Å². The maximum atomic E-state index is 6.45. The van der Waals surface area contributed by atoms with E-state index in [9.17, 15) is 0 Å². The zero-order valence-electron chi connectivity index (χ0n) is 8.81. The van der Waals surface area contributed by atoms with Gasteiger partial charge in [0.1, 0.15) is 0 Å². The number of hydrogen-bond acceptors (Lipinski definition) is 1. The van der Waals surface area contributed by atoms with Gasteiger partial charge in [-0.2, -0.15) is 0 Å². The fourth-order valence-electron chi connectivity index (χ4n) is 1.47. The average molecular weight is 371 g/mol. The lowest BCUT2D eigenvalue weighted by atomic mass is 10.1. The summed E-state index contributed by atoms with van der Waals surface area (Å²) in [5.74, 6) is 0. The number of alkyl halides is 1. The van der Waals surface area contributed by atoms with E-state index in [1.165, 1.54) is 11.3 Å². The van der Waals surface area contributed by atoms with Gasteiger partial charge in [-0.25, -0.2) is 0 Å². The third-order valence-corrected chi connectivity index (χ3v) is 5.50. The molecule has 0 spiro atoms. The van der Waals surface area contributed by atoms with Crippen LogP contribution in [-0.4, -0.2) is 0 Å². The predicted octanol–water partition coefficient (Wildman–Crippen LogP) is 6.45. The maximum absolute atomic E-state index is 6.45. The Bertz CT molecular complexity index is 531. The molecule has 1 heterocycles. The molecule has 0 aliphatic heterocycles. The van der Waals surface area contributed by atoms with Crippen molar-refractivity contribution in [2.75, 3.05) is 0 Å². The number of thiophene rings is 1. The second-order valence-corrected chi connectivity index (χ2v) is 7.05. The van der Waals surface area contributed by atoms with E-state index in [2.05, 4.69) is 15.9 Å². The summed E-state index contributed by atoms with van der Waals surface area (Å²) in [5, 5.41) is 0.475. The highest BCUT2D eigenvalue weighted by Gasteiger charge is 2.17. The second-order valence-electron chi connectivity index (χ2n) is 3.63. The summed E-state index contributed by atoms with van der Waals surface area (Å²) in [6.07, 6.45) is 0. The normalized spacial score (nSPS) is 12.8. The molecule has 0 saturated carbocycles. The summed E-state index contributed by atoms with van der Waals surface area (Å²) in [5.41, 5.74) is 2.05. The van der Waals surface area contributed by atoms with Crippen molar-refractivity contribution in [3.05, 3.63) is 54.1 Å². The second kappa shape index (κ2) is 5.50. The molecule has 1 unspecified atom stereocenters. The van der Waals surface area contributed by atoms with Crippen molar-refractivity contribution in [1.82, 2.24) is 0 Å². The summed E-state index contributed by atoms with van der Waals surface area (Å²) in [7, 11) is 0. The molecule has 1 aromatic carbocycles. The molecule has 0 radical (unpaired) electrons. The molecule has 17 heavy (non-hydrogen) atoms. The molecular formula is C12H8BrCl3S. The van der Waals surface area contributed by atoms with Gasteiger partial charge in [0.15, 0.2) is 0 Å². The lowest BCUT2D eigenvalue weighted by Crippen LogP contribution is -1.91. The van der Waals surface area contributed by atoms with Crippen molar-refractivity contribution in [2.45, 2.75) is 12.3 Å². The third kappa shape index (κ3) is 2.99. The van der Waals surface area contributed by atoms with Gasteiger partial charge in [0, 0.05) is 14.4 Å². The van der Waals surface area contributed by atoms with Crippen LogP contribution in [0.15, 0.2) is 28.7 Å². The van der Waals surface area contributed by atoms with Gasteiger partial charge in [0.2, 0.25) is 0 Å². The molecule has 0 aliphatic rings. The maximum Gasteiger partial charge on any atom is 0.0960 e. The van der Waals surface area contributed by atoms with Gasteiger partial charge in [-0.05, 0) is 36.2 Å². The van der Waals surface area contributed by atoms with Crippen LogP contribution in [0.2, 0.25) is 9.36 Å². The number of hydrogen-bond donors (Lipinski definition) is 0. The first-order chi connectivity index (χ1) is 7.99. The van der Waals surface area contributed by atoms with Crippen molar-refractivity contribution in [3.8, 4) is 0 Å². The van der Waals surface area contributed by atoms with E-state index in [0.29, 0.717) is 5.02 Å². The van der Waals surface area contributed by atoms with E-state index < -0.39 is 0 Å². The van der Waals surface area contributed by atoms with Gasteiger partial charge >= 0.3 is 0 Å². The van der Waals surface area contributed by atoms with Gasteiger partial charge < -0.3 is 0 Å². The molecule has 1 aromatic heterocycles. The first-order valence-electron chi connectivity index (χ1n) is 4.84. The molecular weight excluding hydrogens is 362 g/mol. The number of aryl methyl sites for hydroxylation is 1. The zero-order chi connectivity index (χ0) is 12.6. The van der Waals surface area contributed by atoms with E-state index >= 15 is 0 Å². The Morgan fingerprint density at radius 3 is 2.47 bits per heavy atom. The van der Waals surface area contributed by atoms with Gasteiger partial charge in [0.25, 0.3) is 0 Å². The molecule has 0 aliphatic carbocycles. The number of rotatable bonds is 2. The van der Waals surface area contributed by atoms with Crippen LogP contribution >= 0.6 is 62.1 Å². The minimum Gasteiger partial charge on any atom is -0.126 e. The third-order valence-electron chi connectivity index (χ3n) is 2.36. The molecule has 5 heteroatoms. The molecule has 2 aromatic rings. The lowest BCUT2D eigenvalue weighted by Gasteiger charge is -2.10. The predicted molar refractivity (Wildman–Crippen MR) is 80.9 cm³/mol. The SMILES string of the molecule is Cc1cc(C(Cl)c2ccc(Cl)cc2Br)sc1Cl. The first-order valence-corrected chi connectivity index (χ1v) is 7.64. The molecule has 1 atom stereocenters. The van der Waals surface area contributed by atoms with Crippen LogP contribution < -0.4 is 0 Å². The highest BCUT2D eigenvalue weighted by atomic mass is 79.9. The van der Waals surface area contributed by atoms with Crippen LogP contribution in [0, 0.1) is 6.92 Å². The van der Waals surface area contributed by atoms with Gasteiger partial charge in [-0.15, -0.1) is 22.9 Å². The Morgan fingerprint density at radius 1 is 1.24 bits per heavy atom. The monoisotopic (exact) mass is 368 g/mol. The van der Waals surface area contributed by atoms with Crippen molar-refractivity contribution in [3.63, 3.8) is 0 Å². The summed E-state index contributed by atoms with van der Waals surface area (Å²) in [6.45, 7) is 1.98. The summed E-state index contributed by atoms with van der Waals surface area (Å²) < 4.78 is 1.70. The summed E-state index contributed by atoms with van der Waals surface area (Å²) >= 11 is 23.4. The first kappa shape index (κ1) is 13.7. The van der Waals surface area contributed by atoms with Crippen molar-refractivity contribution < 1.29 is 0 Å². The van der Waals surface area contributed by atoms with Crippen LogP contribution in [0.25, 0.3) is 0 Å². The summed E-state index contributed by atoms with van der Waals surface area (Å²) in [4.78, 5) is 1.04. The molecule has 0 saturated heterocycles. The highest BCUT2D eigenvalue weighted by Crippen LogP contribution is 2.40. The van der Waals surface area contributed by atoms with Crippen molar-refractivity contribution >= 4 is 62.1 Å². The quantitative estimate of drug-likeness (QED) is 0.533. The molecule has 90 valence electrons. The van der Waals surface area contributed by atoms with Gasteiger partial charge in [-0.1, -0.05) is 45.2 Å². The van der Waals surface area contributed by atoms with Crippen LogP contribution in [0.5, 0.6) is 0 Å². The Labute approximate surface area is 128 Å². The van der Waals surface area contributed by atoms with E-state index in [-0.39, 0.29) is 5.38 Å². The van der Waals surface area contributed by atoms with Gasteiger partial charge in [-0.3, -0.25) is 0 Å². The van der Waals surface area contributed by atoms with Crippen LogP contribution in [0.1, 0.15) is 21.4 Å². The Kier molecular flexibility index (Phi) is 4.43. The lowest BCUT2D eigenvalue weighted by molar-refractivity contribution is 1.17. The Balaban J connectivity index is 2.39. The smallest absolute Gasteiger partial charge is 0.0960 e. The van der Waals surface area contributed by atoms with Crippen molar-refractivity contribution in [2.24, 2.45) is 0 Å². The number of benzene rings is 1. The van der Waals surface area contributed by atoms with E-state index in [1.807, 2.05) is 31.2 Å². The van der Waals surface area contributed by atoms with Gasteiger partial charge in [0.05, 0.1) is 9.71 Å². The fourth-order valence-corrected chi connectivity index (χ4v) is 4.11. The molecule has 0 N–H and O–H groups in total. The largest absolute Gasteiger partial charge is 0.126 e. The van der Waals surface area contributed by atoms with E-state index in [1.54, 1.807) is 0 Å². The topological polar surface area (TPSA) is 0 Å². The van der Waals surface area contributed by atoms with E-state index in [0.717, 1.165) is 24.8 Å². The Hall–Kier alpha value is 0.270. The minimum atomic E-state index is -0.210. The van der Waals surface area contributed by atoms with E-state index in [4.69, 9.17) is 34.8 Å². The molecule has 0 bridgehead atoms. The number of halogens is 4. The van der Waals surface area contributed by atoms with Crippen LogP contribution in [0.4, 0.5) is 0 Å². The van der Waals surface area contributed by atoms with Crippen LogP contribution in [-0.2, 0) is 0 Å². The standard InChI is InChI=1S/C12H8BrCl3S/c1-6-4-10(17-12(6)16)11(15)8-3-2-7(14)5-9(8)13/h2-5,11H,1H3. The molecule has 0 nitrogen and oxygen atoms in total. The highest BCUT2D eigenvalue weighted by molar-refractivity contribution is 9.10. The van der Waals surface area contributed by atoms with Crippen molar-refractivity contribution in [1.29, 1.82) is 0 Å². The fraction of sp³-hybridized carbons (Fsp3) is 0.167. The molecule has 0 fully saturated rings.